The van der Waals surface area contributed by atoms with Gasteiger partial charge in [0.15, 0.2) is 0 Å². The highest BCUT2D eigenvalue weighted by Gasteiger charge is 2.25. The number of benzene rings is 2. The Labute approximate surface area is 206 Å². The van der Waals surface area contributed by atoms with E-state index in [2.05, 4.69) is 31.0 Å². The molecule has 0 spiro atoms. The summed E-state index contributed by atoms with van der Waals surface area (Å²) in [5.41, 5.74) is 0.903. The molecule has 0 aliphatic rings. The summed E-state index contributed by atoms with van der Waals surface area (Å²) in [7, 11) is 0. The maximum absolute atomic E-state index is 14.7. The minimum atomic E-state index is -3.21. The number of pyridine rings is 1. The summed E-state index contributed by atoms with van der Waals surface area (Å²) in [5.74, 6) is -3.93. The number of ether oxygens (including phenoxy) is 1. The number of halogens is 5. The molecule has 11 heteroatoms. The van der Waals surface area contributed by atoms with Crippen LogP contribution >= 0.6 is 27.5 Å². The van der Waals surface area contributed by atoms with Crippen molar-refractivity contribution in [1.82, 2.24) is 10.3 Å². The minimum Gasteiger partial charge on any atom is -0.481 e. The zero-order valence-electron chi connectivity index (χ0n) is 17.7. The Morgan fingerprint density at radius 3 is 2.68 bits per heavy atom. The lowest BCUT2D eigenvalue weighted by molar-refractivity contribution is -0.137. The summed E-state index contributed by atoms with van der Waals surface area (Å²) in [5, 5.41) is 12.4. The smallest absolute Gasteiger partial charge is 0.387 e. The highest BCUT2D eigenvalue weighted by atomic mass is 79.9. The molecule has 0 aliphatic carbocycles. The van der Waals surface area contributed by atoms with Crippen LogP contribution in [0.4, 0.5) is 13.2 Å². The van der Waals surface area contributed by atoms with Gasteiger partial charge in [-0.3, -0.25) is 9.59 Å². The molecule has 1 atom stereocenters. The summed E-state index contributed by atoms with van der Waals surface area (Å²) >= 11 is 9.56. The van der Waals surface area contributed by atoms with Crippen LogP contribution in [0.15, 0.2) is 40.9 Å². The van der Waals surface area contributed by atoms with Gasteiger partial charge in [0.25, 0.3) is 5.91 Å². The van der Waals surface area contributed by atoms with Gasteiger partial charge in [-0.25, -0.2) is 9.37 Å². The fourth-order valence-corrected chi connectivity index (χ4v) is 4.20. The molecule has 0 saturated carbocycles. The monoisotopic (exact) mass is 558 g/mol. The molecular weight excluding hydrogens is 541 g/mol. The first kappa shape index (κ1) is 25.8. The van der Waals surface area contributed by atoms with E-state index in [9.17, 15) is 22.8 Å². The first-order chi connectivity index (χ1) is 16.1. The average molecular weight is 560 g/mol. The maximum Gasteiger partial charge on any atom is 0.387 e. The maximum atomic E-state index is 14.7. The molecule has 1 amide bonds. The van der Waals surface area contributed by atoms with Crippen molar-refractivity contribution in [3.63, 3.8) is 0 Å². The van der Waals surface area contributed by atoms with E-state index in [-0.39, 0.29) is 35.7 Å². The average Bonchev–Trinajstić information content (AvgIpc) is 2.75. The number of carboxylic acids is 1. The number of hydrogen-bond donors (Lipinski definition) is 2. The van der Waals surface area contributed by atoms with Gasteiger partial charge in [0.1, 0.15) is 16.7 Å². The van der Waals surface area contributed by atoms with E-state index in [1.165, 1.54) is 6.07 Å². The third kappa shape index (κ3) is 5.98. The Kier molecular flexibility index (Phi) is 8.37. The molecule has 3 aromatic rings. The highest BCUT2D eigenvalue weighted by molar-refractivity contribution is 9.10. The summed E-state index contributed by atoms with van der Waals surface area (Å²) in [6.45, 7) is -1.82. The molecule has 0 fully saturated rings. The molecule has 1 unspecified atom stereocenters. The number of amides is 1. The van der Waals surface area contributed by atoms with Crippen molar-refractivity contribution in [2.24, 2.45) is 0 Å². The first-order valence-electron chi connectivity index (χ1n) is 10.1. The van der Waals surface area contributed by atoms with E-state index in [1.807, 2.05) is 0 Å². The van der Waals surface area contributed by atoms with Crippen molar-refractivity contribution < 1.29 is 32.6 Å². The molecule has 6 nitrogen and oxygen atoms in total. The predicted octanol–water partition coefficient (Wildman–Crippen LogP) is 6.08. The first-order valence-corrected chi connectivity index (χ1v) is 11.2. The molecule has 3 rings (SSSR count). The highest BCUT2D eigenvalue weighted by Crippen LogP contribution is 2.34. The van der Waals surface area contributed by atoms with Gasteiger partial charge in [-0.15, -0.1) is 0 Å². The minimum absolute atomic E-state index is 0.126. The summed E-state index contributed by atoms with van der Waals surface area (Å²) in [4.78, 5) is 28.6. The third-order valence-corrected chi connectivity index (χ3v) is 6.07. The standard InChI is InChI=1S/C23H19BrClF3N2O4/c1-11-19(14-9-13(24)6-7-16(14)30-21(11)25)22(33)29-10-12(5-8-18(31)32)20-15(26)3-2-4-17(20)34-23(27)28/h2-4,6-7,9,12,23H,5,8,10H2,1H3,(H,29,33)(H,31,32). The molecule has 0 saturated heterocycles. The van der Waals surface area contributed by atoms with Gasteiger partial charge in [-0.05, 0) is 49.2 Å². The van der Waals surface area contributed by atoms with E-state index in [0.29, 0.717) is 20.9 Å². The predicted molar refractivity (Wildman–Crippen MR) is 124 cm³/mol. The largest absolute Gasteiger partial charge is 0.481 e. The number of hydrogen-bond acceptors (Lipinski definition) is 4. The van der Waals surface area contributed by atoms with Crippen LogP contribution in [0.1, 0.15) is 40.2 Å². The van der Waals surface area contributed by atoms with Crippen LogP contribution in [0, 0.1) is 12.7 Å². The summed E-state index contributed by atoms with van der Waals surface area (Å²) in [6.07, 6.45) is -0.502. The SMILES string of the molecule is Cc1c(Cl)nc2ccc(Br)cc2c1C(=O)NCC(CCC(=O)O)c1c(F)cccc1OC(F)F. The molecule has 1 heterocycles. The van der Waals surface area contributed by atoms with Gasteiger partial charge in [0.05, 0.1) is 11.1 Å². The van der Waals surface area contributed by atoms with Crippen LogP contribution in [0.2, 0.25) is 5.15 Å². The van der Waals surface area contributed by atoms with E-state index in [4.69, 9.17) is 16.7 Å². The number of aliphatic carboxylic acids is 1. The zero-order valence-corrected chi connectivity index (χ0v) is 20.1. The van der Waals surface area contributed by atoms with Gasteiger partial charge in [-0.2, -0.15) is 8.78 Å². The normalized spacial score (nSPS) is 12.1. The van der Waals surface area contributed by atoms with Gasteiger partial charge in [-0.1, -0.05) is 33.6 Å². The Morgan fingerprint density at radius 2 is 2.00 bits per heavy atom. The second-order valence-electron chi connectivity index (χ2n) is 7.43. The van der Waals surface area contributed by atoms with Gasteiger partial charge >= 0.3 is 12.6 Å². The van der Waals surface area contributed by atoms with E-state index in [1.54, 1.807) is 25.1 Å². The van der Waals surface area contributed by atoms with Crippen LogP contribution in [0.3, 0.4) is 0 Å². The zero-order chi connectivity index (χ0) is 25.0. The van der Waals surface area contributed by atoms with Crippen LogP contribution in [-0.2, 0) is 4.79 Å². The third-order valence-electron chi connectivity index (χ3n) is 5.21. The van der Waals surface area contributed by atoms with Crippen molar-refractivity contribution in [3.05, 3.63) is 68.5 Å². The lowest BCUT2D eigenvalue weighted by atomic mass is 9.92. The van der Waals surface area contributed by atoms with Gasteiger partial charge in [0.2, 0.25) is 0 Å². The van der Waals surface area contributed by atoms with E-state index >= 15 is 0 Å². The number of rotatable bonds is 9. The Hall–Kier alpha value is -2.85. The Balaban J connectivity index is 1.96. The molecule has 0 bridgehead atoms. The van der Waals surface area contributed by atoms with E-state index in [0.717, 1.165) is 12.1 Å². The molecule has 0 radical (unpaired) electrons. The Morgan fingerprint density at radius 1 is 1.26 bits per heavy atom. The number of alkyl halides is 2. The Bertz CT molecular complexity index is 1240. The molecular formula is C23H19BrClF3N2O4. The topological polar surface area (TPSA) is 88.5 Å². The van der Waals surface area contributed by atoms with Gasteiger partial charge < -0.3 is 15.2 Å². The molecule has 2 N–H and O–H groups in total. The molecule has 0 aliphatic heterocycles. The van der Waals surface area contributed by atoms with E-state index < -0.39 is 36.0 Å². The van der Waals surface area contributed by atoms with Crippen LogP contribution < -0.4 is 10.1 Å². The van der Waals surface area contributed by atoms with Crippen molar-refractivity contribution >= 4 is 50.3 Å². The number of aromatic nitrogens is 1. The molecule has 1 aromatic heterocycles. The number of carbonyl (C=O) groups is 2. The second-order valence-corrected chi connectivity index (χ2v) is 8.71. The number of carbonyl (C=O) groups excluding carboxylic acids is 1. The number of carboxylic acid groups (broad SMARTS) is 1. The number of nitrogens with one attached hydrogen (secondary N) is 1. The van der Waals surface area contributed by atoms with Crippen molar-refractivity contribution in [2.75, 3.05) is 6.54 Å². The fraction of sp³-hybridized carbons (Fsp3) is 0.261. The lowest BCUT2D eigenvalue weighted by Gasteiger charge is -2.22. The lowest BCUT2D eigenvalue weighted by Crippen LogP contribution is -2.30. The fourth-order valence-electron chi connectivity index (χ4n) is 3.66. The number of fused-ring (bicyclic) bond motifs is 1. The van der Waals surface area contributed by atoms with Crippen molar-refractivity contribution in [2.45, 2.75) is 32.3 Å². The van der Waals surface area contributed by atoms with Crippen LogP contribution in [0.25, 0.3) is 10.9 Å². The summed E-state index contributed by atoms with van der Waals surface area (Å²) < 4.78 is 45.6. The van der Waals surface area contributed by atoms with Crippen molar-refractivity contribution in [3.8, 4) is 5.75 Å². The van der Waals surface area contributed by atoms with Gasteiger partial charge in [0, 0.05) is 34.3 Å². The van der Waals surface area contributed by atoms with Crippen LogP contribution in [-0.4, -0.2) is 35.1 Å². The molecule has 180 valence electrons. The summed E-state index contributed by atoms with van der Waals surface area (Å²) in [6, 6.07) is 8.56. The number of nitrogens with zero attached hydrogens (tertiary/aromatic N) is 1. The van der Waals surface area contributed by atoms with Crippen LogP contribution in [0.5, 0.6) is 5.75 Å². The second kappa shape index (κ2) is 11.1. The molecule has 34 heavy (non-hydrogen) atoms. The van der Waals surface area contributed by atoms with Crippen molar-refractivity contribution in [1.29, 1.82) is 0 Å². The quantitative estimate of drug-likeness (QED) is 0.310. The molecule has 2 aromatic carbocycles.